The van der Waals surface area contributed by atoms with Crippen LogP contribution in [0.2, 0.25) is 0 Å². The van der Waals surface area contributed by atoms with Crippen molar-refractivity contribution in [1.29, 1.82) is 0 Å². The van der Waals surface area contributed by atoms with Gasteiger partial charge >= 0.3 is 0 Å². The lowest BCUT2D eigenvalue weighted by molar-refractivity contribution is -0.115. The van der Waals surface area contributed by atoms with Crippen molar-refractivity contribution < 1.29 is 9.59 Å². The van der Waals surface area contributed by atoms with Crippen LogP contribution in [0.4, 0.5) is 5.69 Å². The second-order valence-electron chi connectivity index (χ2n) is 4.76. The minimum absolute atomic E-state index is 0.162. The highest BCUT2D eigenvalue weighted by Crippen LogP contribution is 2.22. The Bertz CT molecular complexity index is 791. The molecule has 0 saturated carbocycles. The molecule has 4 heteroatoms. The fraction of sp³-hybridized carbons (Fsp3) is 0.0588. The van der Waals surface area contributed by atoms with Gasteiger partial charge in [-0.25, -0.2) is 0 Å². The molecule has 4 nitrogen and oxygen atoms in total. The number of anilines is 1. The minimum atomic E-state index is -0.308. The number of aromatic amines is 1. The van der Waals surface area contributed by atoms with E-state index in [4.69, 9.17) is 0 Å². The summed E-state index contributed by atoms with van der Waals surface area (Å²) in [6, 6.07) is 16.3. The molecule has 0 saturated heterocycles. The summed E-state index contributed by atoms with van der Waals surface area (Å²) < 4.78 is 0. The maximum atomic E-state index is 12.0. The Morgan fingerprint density at radius 2 is 1.76 bits per heavy atom. The summed E-state index contributed by atoms with van der Waals surface area (Å²) in [5, 5.41) is 3.72. The molecule has 2 aromatic carbocycles. The Labute approximate surface area is 121 Å². The molecular formula is C17H14N2O2. The van der Waals surface area contributed by atoms with Crippen molar-refractivity contribution in [3.8, 4) is 0 Å². The second-order valence-corrected chi connectivity index (χ2v) is 4.76. The Hall–Kier alpha value is -2.88. The molecule has 21 heavy (non-hydrogen) atoms. The number of fused-ring (bicyclic) bond motifs is 1. The van der Waals surface area contributed by atoms with Gasteiger partial charge < -0.3 is 10.3 Å². The summed E-state index contributed by atoms with van der Waals surface area (Å²) in [5.41, 5.74) is 2.20. The van der Waals surface area contributed by atoms with E-state index in [1.165, 1.54) is 0 Å². The van der Waals surface area contributed by atoms with Crippen LogP contribution in [0.3, 0.4) is 0 Å². The van der Waals surface area contributed by atoms with E-state index in [2.05, 4.69) is 10.3 Å². The standard InChI is InChI=1S/C17H14N2O2/c20-16(12-5-2-1-3-6-12)11-17(21)19-15-8-4-7-14-13(15)9-10-18-14/h1-10,18H,11H2,(H,19,21). The number of hydrogen-bond acceptors (Lipinski definition) is 2. The number of hydrogen-bond donors (Lipinski definition) is 2. The molecule has 0 fully saturated rings. The number of carbonyl (C=O) groups is 2. The van der Waals surface area contributed by atoms with E-state index in [1.807, 2.05) is 36.5 Å². The van der Waals surface area contributed by atoms with Gasteiger partial charge in [0.05, 0.1) is 12.1 Å². The van der Waals surface area contributed by atoms with Crippen LogP contribution < -0.4 is 5.32 Å². The third-order valence-electron chi connectivity index (χ3n) is 3.29. The fourth-order valence-electron chi connectivity index (χ4n) is 2.26. The zero-order valence-corrected chi connectivity index (χ0v) is 11.3. The van der Waals surface area contributed by atoms with E-state index in [0.717, 1.165) is 10.9 Å². The van der Waals surface area contributed by atoms with Crippen molar-refractivity contribution in [3.63, 3.8) is 0 Å². The highest BCUT2D eigenvalue weighted by molar-refractivity contribution is 6.12. The lowest BCUT2D eigenvalue weighted by atomic mass is 10.1. The quantitative estimate of drug-likeness (QED) is 0.567. The van der Waals surface area contributed by atoms with Gasteiger partial charge in [-0.3, -0.25) is 9.59 Å². The summed E-state index contributed by atoms with van der Waals surface area (Å²) in [6.45, 7) is 0. The number of rotatable bonds is 4. The number of benzene rings is 2. The largest absolute Gasteiger partial charge is 0.361 e. The molecule has 0 aliphatic rings. The molecule has 0 unspecified atom stereocenters. The molecule has 1 heterocycles. The molecule has 2 N–H and O–H groups in total. The molecule has 3 aromatic rings. The van der Waals surface area contributed by atoms with Gasteiger partial charge in [-0.2, -0.15) is 0 Å². The summed E-state index contributed by atoms with van der Waals surface area (Å²) in [7, 11) is 0. The molecule has 0 atom stereocenters. The zero-order valence-electron chi connectivity index (χ0n) is 11.3. The van der Waals surface area contributed by atoms with Crippen LogP contribution in [0.1, 0.15) is 16.8 Å². The number of amides is 1. The van der Waals surface area contributed by atoms with Gasteiger partial charge in [0.2, 0.25) is 5.91 Å². The zero-order chi connectivity index (χ0) is 14.7. The van der Waals surface area contributed by atoms with Crippen LogP contribution in [0.15, 0.2) is 60.8 Å². The summed E-state index contributed by atoms with van der Waals surface area (Å²) >= 11 is 0. The first-order chi connectivity index (χ1) is 10.2. The average molecular weight is 278 g/mol. The number of H-pyrrole nitrogens is 1. The molecule has 0 bridgehead atoms. The van der Waals surface area contributed by atoms with Gasteiger partial charge in [0.25, 0.3) is 0 Å². The highest BCUT2D eigenvalue weighted by Gasteiger charge is 2.12. The third-order valence-corrected chi connectivity index (χ3v) is 3.29. The SMILES string of the molecule is O=C(CC(=O)c1ccccc1)Nc1cccc2[nH]ccc12. The van der Waals surface area contributed by atoms with Crippen molar-refractivity contribution >= 4 is 28.3 Å². The van der Waals surface area contributed by atoms with Crippen molar-refractivity contribution in [1.82, 2.24) is 4.98 Å². The summed E-state index contributed by atoms with van der Waals surface area (Å²) in [4.78, 5) is 27.1. The van der Waals surface area contributed by atoms with Crippen LogP contribution in [-0.4, -0.2) is 16.7 Å². The Morgan fingerprint density at radius 3 is 2.57 bits per heavy atom. The monoisotopic (exact) mass is 278 g/mol. The van der Waals surface area contributed by atoms with Crippen LogP contribution >= 0.6 is 0 Å². The first-order valence-electron chi connectivity index (χ1n) is 6.68. The molecule has 104 valence electrons. The molecule has 0 aliphatic carbocycles. The van der Waals surface area contributed by atoms with Gasteiger partial charge in [-0.05, 0) is 18.2 Å². The fourth-order valence-corrected chi connectivity index (χ4v) is 2.26. The van der Waals surface area contributed by atoms with Gasteiger partial charge in [0.1, 0.15) is 0 Å². The number of nitrogens with one attached hydrogen (secondary N) is 2. The van der Waals surface area contributed by atoms with Crippen molar-refractivity contribution in [2.24, 2.45) is 0 Å². The van der Waals surface area contributed by atoms with E-state index in [-0.39, 0.29) is 18.1 Å². The highest BCUT2D eigenvalue weighted by atomic mass is 16.2. The van der Waals surface area contributed by atoms with Crippen LogP contribution in [0.5, 0.6) is 0 Å². The van der Waals surface area contributed by atoms with Gasteiger partial charge in [-0.15, -0.1) is 0 Å². The predicted molar refractivity (Wildman–Crippen MR) is 82.3 cm³/mol. The number of ketones is 1. The summed E-state index contributed by atoms with van der Waals surface area (Å²) in [6.07, 6.45) is 1.65. The minimum Gasteiger partial charge on any atom is -0.361 e. The topological polar surface area (TPSA) is 62.0 Å². The lowest BCUT2D eigenvalue weighted by Gasteiger charge is -2.06. The van der Waals surface area contributed by atoms with E-state index < -0.39 is 0 Å². The van der Waals surface area contributed by atoms with E-state index >= 15 is 0 Å². The second kappa shape index (κ2) is 5.63. The lowest BCUT2D eigenvalue weighted by Crippen LogP contribution is -2.16. The number of Topliss-reactive ketones (excluding diaryl/α,β-unsaturated/α-hetero) is 1. The molecule has 0 aliphatic heterocycles. The van der Waals surface area contributed by atoms with Crippen LogP contribution in [-0.2, 0) is 4.79 Å². The Kier molecular flexibility index (Phi) is 3.51. The normalized spacial score (nSPS) is 10.5. The first kappa shape index (κ1) is 13.1. The van der Waals surface area contributed by atoms with Crippen molar-refractivity contribution in [2.75, 3.05) is 5.32 Å². The van der Waals surface area contributed by atoms with Crippen molar-refractivity contribution in [3.05, 3.63) is 66.4 Å². The number of carbonyl (C=O) groups excluding carboxylic acids is 2. The van der Waals surface area contributed by atoms with Crippen molar-refractivity contribution in [2.45, 2.75) is 6.42 Å². The van der Waals surface area contributed by atoms with Crippen LogP contribution in [0, 0.1) is 0 Å². The maximum Gasteiger partial charge on any atom is 0.232 e. The van der Waals surface area contributed by atoms with E-state index in [1.54, 1.807) is 24.3 Å². The Balaban J connectivity index is 1.72. The summed E-state index contributed by atoms with van der Waals surface area (Å²) in [5.74, 6) is -0.494. The van der Waals surface area contributed by atoms with E-state index in [0.29, 0.717) is 11.3 Å². The Morgan fingerprint density at radius 1 is 0.952 bits per heavy atom. The molecule has 0 spiro atoms. The average Bonchev–Trinajstić information content (AvgIpc) is 2.97. The van der Waals surface area contributed by atoms with E-state index in [9.17, 15) is 9.59 Å². The van der Waals surface area contributed by atoms with Crippen LogP contribution in [0.25, 0.3) is 10.9 Å². The predicted octanol–water partition coefficient (Wildman–Crippen LogP) is 3.38. The van der Waals surface area contributed by atoms with Gasteiger partial charge in [0, 0.05) is 22.7 Å². The molecule has 1 aromatic heterocycles. The smallest absolute Gasteiger partial charge is 0.232 e. The maximum absolute atomic E-state index is 12.0. The first-order valence-corrected chi connectivity index (χ1v) is 6.68. The molecule has 3 rings (SSSR count). The third kappa shape index (κ3) is 2.84. The van der Waals surface area contributed by atoms with Gasteiger partial charge in [0.15, 0.2) is 5.78 Å². The molecular weight excluding hydrogens is 264 g/mol. The molecule has 1 amide bonds. The number of aromatic nitrogens is 1. The van der Waals surface area contributed by atoms with Gasteiger partial charge in [-0.1, -0.05) is 36.4 Å². The molecule has 0 radical (unpaired) electrons.